The summed E-state index contributed by atoms with van der Waals surface area (Å²) in [6, 6.07) is 0. The molecule has 0 saturated carbocycles. The minimum absolute atomic E-state index is 0. The SMILES string of the molecule is C=CCNC(=NCCCCCCC(=O)OC)NCC.I. The highest BCUT2D eigenvalue weighted by Crippen LogP contribution is 2.03. The summed E-state index contributed by atoms with van der Waals surface area (Å²) in [5.74, 6) is 0.707. The monoisotopic (exact) mass is 397 g/mol. The van der Waals surface area contributed by atoms with Gasteiger partial charge >= 0.3 is 5.97 Å². The fourth-order valence-electron chi connectivity index (χ4n) is 1.54. The standard InChI is InChI=1S/C14H27N3O2.HI/c1-4-11-16-14(15-5-2)17-12-9-7-6-8-10-13(18)19-3;/h4H,1,5-12H2,2-3H3,(H2,15,16,17);1H. The number of hydrogen-bond donors (Lipinski definition) is 2. The molecule has 0 aliphatic rings. The third-order valence-corrected chi connectivity index (χ3v) is 2.54. The Hall–Kier alpha value is -0.790. The van der Waals surface area contributed by atoms with Crippen LogP contribution in [-0.4, -0.2) is 38.7 Å². The summed E-state index contributed by atoms with van der Waals surface area (Å²) in [7, 11) is 1.43. The number of hydrogen-bond acceptors (Lipinski definition) is 3. The lowest BCUT2D eigenvalue weighted by Crippen LogP contribution is -2.37. The van der Waals surface area contributed by atoms with E-state index in [0.29, 0.717) is 13.0 Å². The summed E-state index contributed by atoms with van der Waals surface area (Å²) < 4.78 is 4.59. The molecule has 0 fully saturated rings. The van der Waals surface area contributed by atoms with Gasteiger partial charge < -0.3 is 15.4 Å². The van der Waals surface area contributed by atoms with E-state index in [-0.39, 0.29) is 29.9 Å². The Morgan fingerprint density at radius 3 is 2.55 bits per heavy atom. The lowest BCUT2D eigenvalue weighted by molar-refractivity contribution is -0.140. The van der Waals surface area contributed by atoms with Crippen molar-refractivity contribution in [2.24, 2.45) is 4.99 Å². The predicted octanol–water partition coefficient (Wildman–Crippen LogP) is 2.47. The van der Waals surface area contributed by atoms with Crippen molar-refractivity contribution in [2.45, 2.75) is 39.0 Å². The van der Waals surface area contributed by atoms with Gasteiger partial charge in [-0.05, 0) is 19.8 Å². The van der Waals surface area contributed by atoms with Crippen molar-refractivity contribution in [1.82, 2.24) is 10.6 Å². The third kappa shape index (κ3) is 13.6. The Kier molecular flexibility index (Phi) is 17.5. The van der Waals surface area contributed by atoms with Crippen LogP contribution < -0.4 is 10.6 Å². The number of guanidine groups is 1. The average molecular weight is 397 g/mol. The lowest BCUT2D eigenvalue weighted by Gasteiger charge is -2.09. The van der Waals surface area contributed by atoms with E-state index in [1.165, 1.54) is 7.11 Å². The molecule has 5 nitrogen and oxygen atoms in total. The first-order valence-electron chi connectivity index (χ1n) is 6.94. The first kappa shape index (κ1) is 21.5. The van der Waals surface area contributed by atoms with E-state index in [4.69, 9.17) is 0 Å². The summed E-state index contributed by atoms with van der Waals surface area (Å²) in [6.07, 6.45) is 6.38. The van der Waals surface area contributed by atoms with Gasteiger partial charge in [-0.25, -0.2) is 0 Å². The number of esters is 1. The Balaban J connectivity index is 0. The van der Waals surface area contributed by atoms with Crippen LogP contribution in [0.3, 0.4) is 0 Å². The highest BCUT2D eigenvalue weighted by atomic mass is 127. The molecule has 20 heavy (non-hydrogen) atoms. The minimum Gasteiger partial charge on any atom is -0.469 e. The topological polar surface area (TPSA) is 62.7 Å². The predicted molar refractivity (Wildman–Crippen MR) is 94.7 cm³/mol. The Bertz CT molecular complexity index is 284. The van der Waals surface area contributed by atoms with Crippen LogP contribution in [0.5, 0.6) is 0 Å². The second kappa shape index (κ2) is 16.3. The van der Waals surface area contributed by atoms with Crippen molar-refractivity contribution < 1.29 is 9.53 Å². The van der Waals surface area contributed by atoms with Gasteiger partial charge in [0.2, 0.25) is 0 Å². The van der Waals surface area contributed by atoms with E-state index in [1.807, 2.05) is 6.92 Å². The molecule has 0 rings (SSSR count). The second-order valence-corrected chi connectivity index (χ2v) is 4.17. The first-order chi connectivity index (χ1) is 9.24. The smallest absolute Gasteiger partial charge is 0.305 e. The fourth-order valence-corrected chi connectivity index (χ4v) is 1.54. The fraction of sp³-hybridized carbons (Fsp3) is 0.714. The zero-order valence-corrected chi connectivity index (χ0v) is 14.9. The number of carbonyl (C=O) groups is 1. The number of rotatable bonds is 10. The van der Waals surface area contributed by atoms with Crippen LogP contribution in [0.4, 0.5) is 0 Å². The van der Waals surface area contributed by atoms with E-state index in [0.717, 1.165) is 44.7 Å². The maximum atomic E-state index is 10.9. The molecule has 2 N–H and O–H groups in total. The van der Waals surface area contributed by atoms with Crippen LogP contribution in [0, 0.1) is 0 Å². The largest absolute Gasteiger partial charge is 0.469 e. The van der Waals surface area contributed by atoms with Crippen LogP contribution in [0.2, 0.25) is 0 Å². The van der Waals surface area contributed by atoms with Crippen LogP contribution in [0.25, 0.3) is 0 Å². The minimum atomic E-state index is -0.124. The number of aliphatic imine (C=N–C) groups is 1. The van der Waals surface area contributed by atoms with Gasteiger partial charge in [-0.2, -0.15) is 0 Å². The van der Waals surface area contributed by atoms with Gasteiger partial charge in [0.15, 0.2) is 5.96 Å². The van der Waals surface area contributed by atoms with Gasteiger partial charge in [0.05, 0.1) is 7.11 Å². The molecule has 0 heterocycles. The van der Waals surface area contributed by atoms with E-state index in [2.05, 4.69) is 26.9 Å². The molecule has 0 bridgehead atoms. The van der Waals surface area contributed by atoms with Crippen molar-refractivity contribution in [3.8, 4) is 0 Å². The first-order valence-corrected chi connectivity index (χ1v) is 6.94. The number of halogens is 1. The number of methoxy groups -OCH3 is 1. The maximum absolute atomic E-state index is 10.9. The van der Waals surface area contributed by atoms with Crippen LogP contribution in [0.1, 0.15) is 39.0 Å². The molecule has 0 spiro atoms. The van der Waals surface area contributed by atoms with Crippen LogP contribution >= 0.6 is 24.0 Å². The molecule has 0 unspecified atom stereocenters. The summed E-state index contributed by atoms with van der Waals surface area (Å²) in [5.41, 5.74) is 0. The average Bonchev–Trinajstić information content (AvgIpc) is 2.43. The molecule has 0 saturated heterocycles. The van der Waals surface area contributed by atoms with Crippen LogP contribution in [-0.2, 0) is 9.53 Å². The summed E-state index contributed by atoms with van der Waals surface area (Å²) in [4.78, 5) is 15.3. The number of ether oxygens (including phenoxy) is 1. The molecule has 0 radical (unpaired) electrons. The quantitative estimate of drug-likeness (QED) is 0.149. The molecule has 118 valence electrons. The van der Waals surface area contributed by atoms with Crippen molar-refractivity contribution in [1.29, 1.82) is 0 Å². The third-order valence-electron chi connectivity index (χ3n) is 2.54. The zero-order valence-electron chi connectivity index (χ0n) is 12.6. The van der Waals surface area contributed by atoms with Gasteiger partial charge in [0.1, 0.15) is 0 Å². The van der Waals surface area contributed by atoms with Gasteiger partial charge in [0.25, 0.3) is 0 Å². The van der Waals surface area contributed by atoms with E-state index < -0.39 is 0 Å². The molecule has 0 aromatic rings. The molecule has 0 aromatic carbocycles. The van der Waals surface area contributed by atoms with Gasteiger partial charge in [-0.3, -0.25) is 9.79 Å². The number of carbonyl (C=O) groups excluding carboxylic acids is 1. The summed E-state index contributed by atoms with van der Waals surface area (Å²) >= 11 is 0. The van der Waals surface area contributed by atoms with E-state index >= 15 is 0 Å². The van der Waals surface area contributed by atoms with Crippen LogP contribution in [0.15, 0.2) is 17.6 Å². The Labute approximate surface area is 139 Å². The normalized spacial score (nSPS) is 10.4. The highest BCUT2D eigenvalue weighted by Gasteiger charge is 1.99. The Morgan fingerprint density at radius 2 is 1.95 bits per heavy atom. The molecule has 0 aliphatic heterocycles. The molecule has 6 heteroatoms. The van der Waals surface area contributed by atoms with Gasteiger partial charge in [0, 0.05) is 26.1 Å². The Morgan fingerprint density at radius 1 is 1.25 bits per heavy atom. The second-order valence-electron chi connectivity index (χ2n) is 4.17. The molecule has 0 amide bonds. The van der Waals surface area contributed by atoms with Crippen molar-refractivity contribution in [3.63, 3.8) is 0 Å². The summed E-state index contributed by atoms with van der Waals surface area (Å²) in [5, 5.41) is 6.33. The van der Waals surface area contributed by atoms with E-state index in [9.17, 15) is 4.79 Å². The highest BCUT2D eigenvalue weighted by molar-refractivity contribution is 14.0. The van der Waals surface area contributed by atoms with Crippen molar-refractivity contribution >= 4 is 35.9 Å². The zero-order chi connectivity index (χ0) is 14.3. The number of unbranched alkanes of at least 4 members (excludes halogenated alkanes) is 3. The van der Waals surface area contributed by atoms with Crippen molar-refractivity contribution in [2.75, 3.05) is 26.7 Å². The molecule has 0 atom stereocenters. The number of nitrogens with zero attached hydrogens (tertiary/aromatic N) is 1. The molecular formula is C14H28IN3O2. The summed E-state index contributed by atoms with van der Waals surface area (Å²) in [6.45, 7) is 8.06. The molecule has 0 aliphatic carbocycles. The molecular weight excluding hydrogens is 369 g/mol. The lowest BCUT2D eigenvalue weighted by atomic mass is 10.1. The molecule has 0 aromatic heterocycles. The van der Waals surface area contributed by atoms with Crippen molar-refractivity contribution in [3.05, 3.63) is 12.7 Å². The number of nitrogens with one attached hydrogen (secondary N) is 2. The van der Waals surface area contributed by atoms with Gasteiger partial charge in [-0.15, -0.1) is 30.6 Å². The van der Waals surface area contributed by atoms with E-state index in [1.54, 1.807) is 6.08 Å². The maximum Gasteiger partial charge on any atom is 0.305 e. The van der Waals surface area contributed by atoms with Gasteiger partial charge in [-0.1, -0.05) is 18.9 Å².